The lowest BCUT2D eigenvalue weighted by atomic mass is 10.1. The molecule has 0 aromatic heterocycles. The Kier molecular flexibility index (Phi) is 5.44. The monoisotopic (exact) mass is 334 g/mol. The van der Waals surface area contributed by atoms with E-state index in [2.05, 4.69) is 5.32 Å². The summed E-state index contributed by atoms with van der Waals surface area (Å²) < 4.78 is 44.0. The second kappa shape index (κ2) is 7.13. The van der Waals surface area contributed by atoms with Gasteiger partial charge in [0.2, 0.25) is 0 Å². The summed E-state index contributed by atoms with van der Waals surface area (Å²) in [5.41, 5.74) is -0.769. The van der Waals surface area contributed by atoms with Crippen molar-refractivity contribution >= 4 is 17.8 Å². The van der Waals surface area contributed by atoms with E-state index in [1.807, 2.05) is 0 Å². The van der Waals surface area contributed by atoms with Crippen LogP contribution in [0.2, 0.25) is 0 Å². The van der Waals surface area contributed by atoms with Gasteiger partial charge in [-0.1, -0.05) is 6.07 Å². The van der Waals surface area contributed by atoms with Crippen molar-refractivity contribution < 1.29 is 22.7 Å². The molecule has 1 aliphatic heterocycles. The highest BCUT2D eigenvalue weighted by molar-refractivity contribution is 7.99. The van der Waals surface area contributed by atoms with E-state index in [4.69, 9.17) is 4.74 Å². The summed E-state index contributed by atoms with van der Waals surface area (Å²) in [7, 11) is 1.31. The fraction of sp³-hybridized carbons (Fsp3) is 0.500. The molecule has 4 nitrogen and oxygen atoms in total. The van der Waals surface area contributed by atoms with E-state index in [9.17, 15) is 18.0 Å². The number of carbonyl (C=O) groups is 1. The topological polar surface area (TPSA) is 41.6 Å². The van der Waals surface area contributed by atoms with Crippen LogP contribution in [0.15, 0.2) is 18.2 Å². The molecule has 0 bridgehead atoms. The van der Waals surface area contributed by atoms with Crippen LogP contribution >= 0.6 is 11.8 Å². The number of rotatable bonds is 3. The van der Waals surface area contributed by atoms with Crippen molar-refractivity contribution in [2.75, 3.05) is 31.7 Å². The van der Waals surface area contributed by atoms with Crippen LogP contribution < -0.4 is 10.1 Å². The molecule has 2 amide bonds. The minimum atomic E-state index is -4.49. The molecular formula is C14H17F3N2O2S. The highest BCUT2D eigenvalue weighted by Gasteiger charge is 2.34. The number of urea groups is 1. The van der Waals surface area contributed by atoms with Gasteiger partial charge in [0, 0.05) is 31.1 Å². The van der Waals surface area contributed by atoms with Crippen molar-refractivity contribution in [2.24, 2.45) is 0 Å². The molecule has 1 aliphatic rings. The number of thioether (sulfide) groups is 1. The van der Waals surface area contributed by atoms with E-state index >= 15 is 0 Å². The number of hydrogen-bond acceptors (Lipinski definition) is 3. The fourth-order valence-corrected chi connectivity index (χ4v) is 3.05. The Morgan fingerprint density at radius 3 is 2.64 bits per heavy atom. The van der Waals surface area contributed by atoms with Crippen LogP contribution in [0.3, 0.4) is 0 Å². The van der Waals surface area contributed by atoms with Gasteiger partial charge in [0.25, 0.3) is 0 Å². The average Bonchev–Trinajstić information content (AvgIpc) is 2.52. The number of carbonyl (C=O) groups excluding carboxylic acids is 1. The van der Waals surface area contributed by atoms with Crippen LogP contribution in [-0.2, 0) is 12.7 Å². The molecular weight excluding hydrogens is 317 g/mol. The number of amides is 2. The zero-order valence-corrected chi connectivity index (χ0v) is 12.9. The summed E-state index contributed by atoms with van der Waals surface area (Å²) in [5.74, 6) is 1.84. The van der Waals surface area contributed by atoms with Gasteiger partial charge in [0.15, 0.2) is 0 Å². The summed E-state index contributed by atoms with van der Waals surface area (Å²) >= 11 is 1.76. The van der Waals surface area contributed by atoms with E-state index in [-0.39, 0.29) is 23.9 Å². The number of benzene rings is 1. The number of alkyl halides is 3. The molecule has 1 heterocycles. The molecule has 1 fully saturated rings. The maximum atomic E-state index is 13.1. The Bertz CT molecular complexity index is 531. The number of nitrogens with one attached hydrogen (secondary N) is 1. The third-order valence-electron chi connectivity index (χ3n) is 3.35. The maximum absolute atomic E-state index is 13.1. The Hall–Kier alpha value is -1.57. The van der Waals surface area contributed by atoms with Crippen molar-refractivity contribution in [1.82, 2.24) is 10.2 Å². The maximum Gasteiger partial charge on any atom is 0.416 e. The Morgan fingerprint density at radius 2 is 2.05 bits per heavy atom. The first-order chi connectivity index (χ1) is 10.4. The molecule has 122 valence electrons. The average molecular weight is 334 g/mol. The van der Waals surface area contributed by atoms with Crippen molar-refractivity contribution in [2.45, 2.75) is 12.7 Å². The molecule has 0 saturated carbocycles. The van der Waals surface area contributed by atoms with E-state index < -0.39 is 11.7 Å². The lowest BCUT2D eigenvalue weighted by Crippen LogP contribution is -2.44. The van der Waals surface area contributed by atoms with Crippen LogP contribution in [0.1, 0.15) is 11.1 Å². The van der Waals surface area contributed by atoms with Gasteiger partial charge in [-0.25, -0.2) is 4.79 Å². The van der Waals surface area contributed by atoms with Gasteiger partial charge in [-0.05, 0) is 17.7 Å². The van der Waals surface area contributed by atoms with Gasteiger partial charge in [0.1, 0.15) is 5.75 Å². The van der Waals surface area contributed by atoms with Crippen molar-refractivity contribution in [3.05, 3.63) is 29.3 Å². The molecule has 1 N–H and O–H groups in total. The molecule has 1 aromatic carbocycles. The molecule has 0 unspecified atom stereocenters. The third-order valence-corrected chi connectivity index (χ3v) is 4.29. The van der Waals surface area contributed by atoms with Crippen molar-refractivity contribution in [3.63, 3.8) is 0 Å². The van der Waals surface area contributed by atoms with E-state index in [1.165, 1.54) is 19.2 Å². The van der Waals surface area contributed by atoms with Crippen LogP contribution in [0.4, 0.5) is 18.0 Å². The molecule has 0 aliphatic carbocycles. The molecule has 8 heteroatoms. The first-order valence-corrected chi connectivity index (χ1v) is 7.92. The van der Waals surface area contributed by atoms with Crippen molar-refractivity contribution in [3.8, 4) is 5.75 Å². The minimum Gasteiger partial charge on any atom is -0.497 e. The zero-order chi connectivity index (χ0) is 16.2. The van der Waals surface area contributed by atoms with Gasteiger partial charge >= 0.3 is 12.2 Å². The summed E-state index contributed by atoms with van der Waals surface area (Å²) in [5, 5.41) is 2.56. The van der Waals surface area contributed by atoms with E-state index in [0.29, 0.717) is 13.1 Å². The van der Waals surface area contributed by atoms with E-state index in [0.717, 1.165) is 17.6 Å². The molecule has 0 spiro atoms. The zero-order valence-electron chi connectivity index (χ0n) is 12.1. The predicted molar refractivity (Wildman–Crippen MR) is 79.1 cm³/mol. The summed E-state index contributed by atoms with van der Waals surface area (Å²) in [6.07, 6.45) is -4.49. The second-order valence-electron chi connectivity index (χ2n) is 4.78. The van der Waals surface area contributed by atoms with Crippen LogP contribution in [0.5, 0.6) is 5.75 Å². The summed E-state index contributed by atoms with van der Waals surface area (Å²) in [6.45, 7) is 1.07. The number of ether oxygens (including phenoxy) is 1. The second-order valence-corrected chi connectivity index (χ2v) is 6.00. The number of hydrogen-bond donors (Lipinski definition) is 1. The number of halogens is 3. The van der Waals surface area contributed by atoms with Gasteiger partial charge in [-0.2, -0.15) is 24.9 Å². The lowest BCUT2D eigenvalue weighted by molar-refractivity contribution is -0.138. The predicted octanol–water partition coefficient (Wildman–Crippen LogP) is 2.97. The third kappa shape index (κ3) is 4.22. The molecule has 1 saturated heterocycles. The van der Waals surface area contributed by atoms with Crippen LogP contribution in [-0.4, -0.2) is 42.6 Å². The highest BCUT2D eigenvalue weighted by atomic mass is 32.2. The summed E-state index contributed by atoms with van der Waals surface area (Å²) in [6, 6.07) is 3.39. The van der Waals surface area contributed by atoms with Crippen molar-refractivity contribution in [1.29, 1.82) is 0 Å². The molecule has 0 radical (unpaired) electrons. The fourth-order valence-electron chi connectivity index (χ4n) is 2.15. The van der Waals surface area contributed by atoms with Crippen LogP contribution in [0.25, 0.3) is 0 Å². The van der Waals surface area contributed by atoms with Gasteiger partial charge < -0.3 is 15.0 Å². The first kappa shape index (κ1) is 16.8. The molecule has 2 rings (SSSR count). The van der Waals surface area contributed by atoms with Crippen LogP contribution in [0, 0.1) is 0 Å². The molecule has 22 heavy (non-hydrogen) atoms. The summed E-state index contributed by atoms with van der Waals surface area (Å²) in [4.78, 5) is 13.6. The van der Waals surface area contributed by atoms with E-state index in [1.54, 1.807) is 16.7 Å². The standard InChI is InChI=1S/C14H17F3N2O2S/c1-21-11-3-2-10(12(8-11)14(15,16)17)9-18-13(20)19-4-6-22-7-5-19/h2-3,8H,4-7,9H2,1H3,(H,18,20). The lowest BCUT2D eigenvalue weighted by Gasteiger charge is -2.26. The number of nitrogens with zero attached hydrogens (tertiary/aromatic N) is 1. The molecule has 1 aromatic rings. The van der Waals surface area contributed by atoms with Gasteiger partial charge in [0.05, 0.1) is 12.7 Å². The number of methoxy groups -OCH3 is 1. The minimum absolute atomic E-state index is 0.0213. The quantitative estimate of drug-likeness (QED) is 0.924. The largest absolute Gasteiger partial charge is 0.497 e. The molecule has 0 atom stereocenters. The first-order valence-electron chi connectivity index (χ1n) is 6.76. The Morgan fingerprint density at radius 1 is 1.36 bits per heavy atom. The highest BCUT2D eigenvalue weighted by Crippen LogP contribution is 2.34. The normalized spacial score (nSPS) is 15.5. The SMILES string of the molecule is COc1ccc(CNC(=O)N2CCSCC2)c(C(F)(F)F)c1. The smallest absolute Gasteiger partial charge is 0.416 e. The Balaban J connectivity index is 2.07. The van der Waals surface area contributed by atoms with Gasteiger partial charge in [-0.15, -0.1) is 0 Å². The Labute approximate surface area is 131 Å². The van der Waals surface area contributed by atoms with Gasteiger partial charge in [-0.3, -0.25) is 0 Å².